The summed E-state index contributed by atoms with van der Waals surface area (Å²) in [6.45, 7) is 9.08. The first kappa shape index (κ1) is 17.3. The zero-order valence-electron chi connectivity index (χ0n) is 14.0. The van der Waals surface area contributed by atoms with Crippen molar-refractivity contribution in [3.8, 4) is 0 Å². The molecule has 0 bridgehead atoms. The molecule has 134 valence electrons. The molecule has 0 saturated carbocycles. The van der Waals surface area contributed by atoms with Gasteiger partial charge in [-0.15, -0.1) is 0 Å². The van der Waals surface area contributed by atoms with Crippen molar-refractivity contribution in [2.24, 2.45) is 0 Å². The molecule has 1 amide bonds. The number of nitrogens with zero attached hydrogens (tertiary/aromatic N) is 3. The van der Waals surface area contributed by atoms with Crippen LogP contribution < -0.4 is 5.32 Å². The van der Waals surface area contributed by atoms with Crippen molar-refractivity contribution in [1.82, 2.24) is 20.3 Å². The first-order chi connectivity index (χ1) is 11.8. The van der Waals surface area contributed by atoms with Crippen molar-refractivity contribution >= 4 is 5.91 Å². The highest BCUT2D eigenvalue weighted by atomic mass is 16.5. The molecule has 0 unspecified atom stereocenters. The van der Waals surface area contributed by atoms with Gasteiger partial charge in [0.05, 0.1) is 33.0 Å². The molecule has 2 aliphatic rings. The zero-order chi connectivity index (χ0) is 16.6. The van der Waals surface area contributed by atoms with Crippen molar-refractivity contribution in [2.45, 2.75) is 13.0 Å². The highest BCUT2D eigenvalue weighted by Crippen LogP contribution is 2.09. The van der Waals surface area contributed by atoms with Crippen LogP contribution in [0.15, 0.2) is 10.6 Å². The van der Waals surface area contributed by atoms with E-state index in [4.69, 9.17) is 14.0 Å². The topological polar surface area (TPSA) is 80.1 Å². The highest BCUT2D eigenvalue weighted by Gasteiger charge is 2.16. The minimum absolute atomic E-state index is 0.172. The average Bonchev–Trinajstić information content (AvgIpc) is 3.09. The molecule has 1 aromatic rings. The Balaban J connectivity index is 1.35. The minimum Gasteiger partial charge on any atom is -0.379 e. The molecule has 3 heterocycles. The van der Waals surface area contributed by atoms with Gasteiger partial charge in [0.15, 0.2) is 11.5 Å². The fraction of sp³-hybridized carbons (Fsp3) is 0.750. The Hall–Kier alpha value is -1.48. The van der Waals surface area contributed by atoms with Gasteiger partial charge in [-0.3, -0.25) is 14.6 Å². The number of morpholine rings is 2. The van der Waals surface area contributed by atoms with E-state index in [1.54, 1.807) is 6.07 Å². The number of hydrogen-bond acceptors (Lipinski definition) is 7. The number of carbonyl (C=O) groups excluding carboxylic acids is 1. The fourth-order valence-corrected chi connectivity index (χ4v) is 2.89. The van der Waals surface area contributed by atoms with E-state index in [0.717, 1.165) is 71.3 Å². The quantitative estimate of drug-likeness (QED) is 0.699. The van der Waals surface area contributed by atoms with Crippen molar-refractivity contribution in [3.05, 3.63) is 17.5 Å². The normalized spacial score (nSPS) is 20.2. The number of hydrogen-bond donors (Lipinski definition) is 1. The van der Waals surface area contributed by atoms with E-state index in [9.17, 15) is 4.79 Å². The Bertz CT molecular complexity index is 510. The summed E-state index contributed by atoms with van der Waals surface area (Å²) in [4.78, 5) is 16.7. The standard InChI is InChI=1S/C16H26N4O4/c21-16(17-2-1-3-19-4-8-22-9-5-19)15-12-14(24-18-15)13-20-6-10-23-11-7-20/h12H,1-11,13H2,(H,17,21). The molecular formula is C16H26N4O4. The van der Waals surface area contributed by atoms with Crippen molar-refractivity contribution < 1.29 is 18.8 Å². The van der Waals surface area contributed by atoms with E-state index in [1.165, 1.54) is 0 Å². The van der Waals surface area contributed by atoms with Gasteiger partial charge in [0.1, 0.15) is 0 Å². The molecule has 0 spiro atoms. The Morgan fingerprint density at radius 3 is 2.46 bits per heavy atom. The third-order valence-corrected chi connectivity index (χ3v) is 4.32. The van der Waals surface area contributed by atoms with Crippen LogP contribution in [-0.2, 0) is 16.0 Å². The van der Waals surface area contributed by atoms with E-state index in [-0.39, 0.29) is 5.91 Å². The summed E-state index contributed by atoms with van der Waals surface area (Å²) < 4.78 is 15.9. The third-order valence-electron chi connectivity index (χ3n) is 4.32. The van der Waals surface area contributed by atoms with Gasteiger partial charge in [0.2, 0.25) is 0 Å². The number of nitrogens with one attached hydrogen (secondary N) is 1. The van der Waals surface area contributed by atoms with Gasteiger partial charge < -0.3 is 19.3 Å². The number of rotatable bonds is 7. The van der Waals surface area contributed by atoms with Crippen LogP contribution in [0, 0.1) is 0 Å². The Morgan fingerprint density at radius 2 is 1.75 bits per heavy atom. The summed E-state index contributed by atoms with van der Waals surface area (Å²) in [5, 5.41) is 6.78. The van der Waals surface area contributed by atoms with E-state index in [2.05, 4.69) is 20.3 Å². The van der Waals surface area contributed by atoms with Crippen LogP contribution in [0.1, 0.15) is 22.7 Å². The van der Waals surface area contributed by atoms with Crippen LogP contribution in [0.3, 0.4) is 0 Å². The Labute approximate surface area is 142 Å². The van der Waals surface area contributed by atoms with Crippen LogP contribution in [0.25, 0.3) is 0 Å². The van der Waals surface area contributed by atoms with Gasteiger partial charge in [-0.05, 0) is 13.0 Å². The van der Waals surface area contributed by atoms with Crippen molar-refractivity contribution in [3.63, 3.8) is 0 Å². The summed E-state index contributed by atoms with van der Waals surface area (Å²) in [5.74, 6) is 0.546. The molecule has 2 saturated heterocycles. The number of carbonyl (C=O) groups is 1. The summed E-state index contributed by atoms with van der Waals surface area (Å²) in [5.41, 5.74) is 0.352. The highest BCUT2D eigenvalue weighted by molar-refractivity contribution is 5.92. The van der Waals surface area contributed by atoms with Gasteiger partial charge in [0, 0.05) is 38.8 Å². The second-order valence-corrected chi connectivity index (χ2v) is 6.13. The first-order valence-electron chi connectivity index (χ1n) is 8.65. The predicted molar refractivity (Wildman–Crippen MR) is 86.8 cm³/mol. The molecule has 8 nitrogen and oxygen atoms in total. The van der Waals surface area contributed by atoms with E-state index in [0.29, 0.717) is 18.8 Å². The fourth-order valence-electron chi connectivity index (χ4n) is 2.89. The molecular weight excluding hydrogens is 312 g/mol. The molecule has 2 fully saturated rings. The van der Waals surface area contributed by atoms with Crippen LogP contribution in [-0.4, -0.2) is 86.6 Å². The van der Waals surface area contributed by atoms with Gasteiger partial charge in [-0.25, -0.2) is 0 Å². The molecule has 0 atom stereocenters. The lowest BCUT2D eigenvalue weighted by Crippen LogP contribution is -2.38. The number of ether oxygens (including phenoxy) is 2. The monoisotopic (exact) mass is 338 g/mol. The lowest BCUT2D eigenvalue weighted by atomic mass is 10.3. The summed E-state index contributed by atoms with van der Waals surface area (Å²) in [6, 6.07) is 1.73. The Kier molecular flexibility index (Phi) is 6.59. The van der Waals surface area contributed by atoms with Crippen molar-refractivity contribution in [1.29, 1.82) is 0 Å². The van der Waals surface area contributed by atoms with Crippen molar-refractivity contribution in [2.75, 3.05) is 65.7 Å². The maximum absolute atomic E-state index is 12.1. The molecule has 2 aliphatic heterocycles. The molecule has 8 heteroatoms. The molecule has 24 heavy (non-hydrogen) atoms. The van der Waals surface area contributed by atoms with Gasteiger partial charge in [0.25, 0.3) is 5.91 Å². The maximum Gasteiger partial charge on any atom is 0.273 e. The lowest BCUT2D eigenvalue weighted by molar-refractivity contribution is 0.0305. The maximum atomic E-state index is 12.1. The average molecular weight is 338 g/mol. The largest absolute Gasteiger partial charge is 0.379 e. The number of aromatic nitrogens is 1. The summed E-state index contributed by atoms with van der Waals surface area (Å²) in [6.07, 6.45) is 0.921. The van der Waals surface area contributed by atoms with Crippen LogP contribution >= 0.6 is 0 Å². The molecule has 0 radical (unpaired) electrons. The Morgan fingerprint density at radius 1 is 1.08 bits per heavy atom. The van der Waals surface area contributed by atoms with E-state index < -0.39 is 0 Å². The molecule has 3 rings (SSSR count). The molecule has 0 aromatic carbocycles. The van der Waals surface area contributed by atoms with Gasteiger partial charge >= 0.3 is 0 Å². The molecule has 1 N–H and O–H groups in total. The molecule has 0 aliphatic carbocycles. The lowest BCUT2D eigenvalue weighted by Gasteiger charge is -2.26. The second kappa shape index (κ2) is 9.12. The molecule has 1 aromatic heterocycles. The second-order valence-electron chi connectivity index (χ2n) is 6.13. The van der Waals surface area contributed by atoms with Crippen LogP contribution in [0.5, 0.6) is 0 Å². The summed E-state index contributed by atoms with van der Waals surface area (Å²) in [7, 11) is 0. The van der Waals surface area contributed by atoms with Crippen LogP contribution in [0.2, 0.25) is 0 Å². The number of amides is 1. The van der Waals surface area contributed by atoms with Gasteiger partial charge in [-0.2, -0.15) is 0 Å². The summed E-state index contributed by atoms with van der Waals surface area (Å²) >= 11 is 0. The minimum atomic E-state index is -0.172. The van der Waals surface area contributed by atoms with E-state index in [1.807, 2.05) is 0 Å². The van der Waals surface area contributed by atoms with E-state index >= 15 is 0 Å². The SMILES string of the molecule is O=C(NCCCN1CCOCC1)c1cc(CN2CCOCC2)on1. The predicted octanol–water partition coefficient (Wildman–Crippen LogP) is -0.0411. The van der Waals surface area contributed by atoms with Gasteiger partial charge in [-0.1, -0.05) is 5.16 Å². The van der Waals surface area contributed by atoms with Crippen LogP contribution in [0.4, 0.5) is 0 Å². The first-order valence-corrected chi connectivity index (χ1v) is 8.65. The third kappa shape index (κ3) is 5.27. The smallest absolute Gasteiger partial charge is 0.273 e. The zero-order valence-corrected chi connectivity index (χ0v) is 14.0.